The van der Waals surface area contributed by atoms with Crippen LogP contribution in [0.3, 0.4) is 0 Å². The summed E-state index contributed by atoms with van der Waals surface area (Å²) in [4.78, 5) is 21.5. The van der Waals surface area contributed by atoms with Gasteiger partial charge in [0.2, 0.25) is 0 Å². The van der Waals surface area contributed by atoms with Crippen molar-refractivity contribution in [3.8, 4) is 0 Å². The Labute approximate surface area is 95.0 Å². The van der Waals surface area contributed by atoms with Crippen molar-refractivity contribution in [1.82, 2.24) is 0 Å². The molecule has 1 aliphatic rings. The summed E-state index contributed by atoms with van der Waals surface area (Å²) < 4.78 is 0. The van der Waals surface area contributed by atoms with E-state index < -0.39 is 12.1 Å². The SMILES string of the molecule is O=C(O)CCCCCCC1C(=O)C=CC1O. The third kappa shape index (κ3) is 4.14. The lowest BCUT2D eigenvalue weighted by atomic mass is 9.96. The second-order valence-corrected chi connectivity index (χ2v) is 4.21. The molecule has 0 aliphatic heterocycles. The van der Waals surface area contributed by atoms with Crippen molar-refractivity contribution in [1.29, 1.82) is 0 Å². The zero-order valence-electron chi connectivity index (χ0n) is 9.26. The molecule has 0 bridgehead atoms. The lowest BCUT2D eigenvalue weighted by molar-refractivity contribution is -0.137. The van der Waals surface area contributed by atoms with E-state index in [4.69, 9.17) is 5.11 Å². The molecule has 0 saturated heterocycles. The highest BCUT2D eigenvalue weighted by Gasteiger charge is 2.27. The van der Waals surface area contributed by atoms with Crippen LogP contribution >= 0.6 is 0 Å². The second-order valence-electron chi connectivity index (χ2n) is 4.21. The number of unbranched alkanes of at least 4 members (excludes halogenated alkanes) is 3. The zero-order chi connectivity index (χ0) is 12.0. The second kappa shape index (κ2) is 6.43. The van der Waals surface area contributed by atoms with Crippen molar-refractivity contribution >= 4 is 11.8 Å². The third-order valence-electron chi connectivity index (χ3n) is 2.89. The number of rotatable bonds is 7. The molecule has 1 rings (SSSR count). The van der Waals surface area contributed by atoms with E-state index >= 15 is 0 Å². The van der Waals surface area contributed by atoms with E-state index in [-0.39, 0.29) is 18.1 Å². The molecule has 2 atom stereocenters. The molecule has 90 valence electrons. The molecule has 0 spiro atoms. The topological polar surface area (TPSA) is 74.6 Å². The van der Waals surface area contributed by atoms with Gasteiger partial charge in [-0.25, -0.2) is 0 Å². The normalized spacial score (nSPS) is 23.9. The molecule has 0 aromatic rings. The summed E-state index contributed by atoms with van der Waals surface area (Å²) in [5.74, 6) is -1.01. The predicted octanol–water partition coefficient (Wildman–Crippen LogP) is 1.53. The van der Waals surface area contributed by atoms with Crippen LogP contribution < -0.4 is 0 Å². The maximum atomic E-state index is 11.3. The summed E-state index contributed by atoms with van der Waals surface area (Å²) in [5.41, 5.74) is 0. The molecule has 4 heteroatoms. The van der Waals surface area contributed by atoms with Crippen molar-refractivity contribution in [2.75, 3.05) is 0 Å². The van der Waals surface area contributed by atoms with Gasteiger partial charge in [-0.1, -0.05) is 25.3 Å². The number of carboxylic acids is 1. The average molecular weight is 226 g/mol. The van der Waals surface area contributed by atoms with Crippen molar-refractivity contribution < 1.29 is 19.8 Å². The Bertz CT molecular complexity index is 283. The fourth-order valence-electron chi connectivity index (χ4n) is 1.93. The fraction of sp³-hybridized carbons (Fsp3) is 0.667. The minimum atomic E-state index is -0.759. The molecule has 4 nitrogen and oxygen atoms in total. The molecule has 2 unspecified atom stereocenters. The smallest absolute Gasteiger partial charge is 0.303 e. The number of carboxylic acid groups (broad SMARTS) is 1. The molecule has 0 heterocycles. The third-order valence-corrected chi connectivity index (χ3v) is 2.89. The first-order chi connectivity index (χ1) is 7.61. The Kier molecular flexibility index (Phi) is 5.19. The standard InChI is InChI=1S/C12H18O4/c13-10-7-8-11(14)9(10)5-3-1-2-4-6-12(15)16/h7-10,13H,1-6H2,(H,15,16). The molecule has 2 N–H and O–H groups in total. The van der Waals surface area contributed by atoms with Crippen molar-refractivity contribution in [3.63, 3.8) is 0 Å². The monoisotopic (exact) mass is 226 g/mol. The number of hydrogen-bond donors (Lipinski definition) is 2. The van der Waals surface area contributed by atoms with Gasteiger partial charge in [0.25, 0.3) is 0 Å². The minimum absolute atomic E-state index is 0.0121. The van der Waals surface area contributed by atoms with Crippen LogP contribution in [-0.2, 0) is 9.59 Å². The summed E-state index contributed by atoms with van der Waals surface area (Å²) in [6.07, 6.45) is 6.62. The lowest BCUT2D eigenvalue weighted by Crippen LogP contribution is -2.19. The number of hydrogen-bond acceptors (Lipinski definition) is 3. The van der Waals surface area contributed by atoms with Gasteiger partial charge in [-0.05, 0) is 18.9 Å². The Morgan fingerprint density at radius 1 is 1.25 bits per heavy atom. The number of aliphatic hydroxyl groups excluding tert-OH is 1. The van der Waals surface area contributed by atoms with Gasteiger partial charge in [0.1, 0.15) is 0 Å². The fourth-order valence-corrected chi connectivity index (χ4v) is 1.93. The predicted molar refractivity (Wildman–Crippen MR) is 59.0 cm³/mol. The number of allylic oxidation sites excluding steroid dienone is 1. The van der Waals surface area contributed by atoms with Crippen molar-refractivity contribution in [2.45, 2.75) is 44.6 Å². The number of ketones is 1. The number of carbonyl (C=O) groups excluding carboxylic acids is 1. The van der Waals surface area contributed by atoms with Crippen molar-refractivity contribution in [2.24, 2.45) is 5.92 Å². The van der Waals surface area contributed by atoms with Gasteiger partial charge >= 0.3 is 5.97 Å². The largest absolute Gasteiger partial charge is 0.481 e. The van der Waals surface area contributed by atoms with E-state index in [1.54, 1.807) is 0 Å². The van der Waals surface area contributed by atoms with Gasteiger partial charge in [0.15, 0.2) is 5.78 Å². The Balaban J connectivity index is 2.03. The van der Waals surface area contributed by atoms with E-state index in [1.165, 1.54) is 12.2 Å². The maximum Gasteiger partial charge on any atom is 0.303 e. The number of aliphatic hydroxyl groups is 1. The van der Waals surface area contributed by atoms with Crippen LogP contribution in [0, 0.1) is 5.92 Å². The first-order valence-electron chi connectivity index (χ1n) is 5.73. The van der Waals surface area contributed by atoms with E-state index in [0.29, 0.717) is 12.8 Å². The molecule has 0 saturated carbocycles. The molecule has 0 radical (unpaired) electrons. The minimum Gasteiger partial charge on any atom is -0.481 e. The number of carbonyl (C=O) groups is 2. The average Bonchev–Trinajstić information content (AvgIpc) is 2.53. The van der Waals surface area contributed by atoms with E-state index in [1.807, 2.05) is 0 Å². The van der Waals surface area contributed by atoms with Gasteiger partial charge < -0.3 is 10.2 Å². The molecular formula is C12H18O4. The van der Waals surface area contributed by atoms with Crippen molar-refractivity contribution in [3.05, 3.63) is 12.2 Å². The van der Waals surface area contributed by atoms with Crippen LogP contribution in [0.15, 0.2) is 12.2 Å². The molecule has 1 aliphatic carbocycles. The highest BCUT2D eigenvalue weighted by Crippen LogP contribution is 2.22. The van der Waals surface area contributed by atoms with Gasteiger partial charge in [-0.2, -0.15) is 0 Å². The zero-order valence-corrected chi connectivity index (χ0v) is 9.26. The molecule has 0 fully saturated rings. The Morgan fingerprint density at radius 2 is 1.94 bits per heavy atom. The van der Waals surface area contributed by atoms with Crippen LogP contribution in [0.25, 0.3) is 0 Å². The van der Waals surface area contributed by atoms with E-state index in [2.05, 4.69) is 0 Å². The van der Waals surface area contributed by atoms with Crippen LogP contribution in [0.2, 0.25) is 0 Å². The molecule has 0 aromatic heterocycles. The quantitative estimate of drug-likeness (QED) is 0.645. The summed E-state index contributed by atoms with van der Waals surface area (Å²) in [6.45, 7) is 0. The van der Waals surface area contributed by atoms with Gasteiger partial charge in [0.05, 0.1) is 12.0 Å². The summed E-state index contributed by atoms with van der Waals surface area (Å²) in [7, 11) is 0. The molecule has 0 amide bonds. The first-order valence-corrected chi connectivity index (χ1v) is 5.73. The first kappa shape index (κ1) is 12.9. The summed E-state index contributed by atoms with van der Waals surface area (Å²) >= 11 is 0. The van der Waals surface area contributed by atoms with Gasteiger partial charge in [-0.3, -0.25) is 9.59 Å². The maximum absolute atomic E-state index is 11.3. The van der Waals surface area contributed by atoms with Gasteiger partial charge in [0, 0.05) is 6.42 Å². The molecule has 0 aromatic carbocycles. The highest BCUT2D eigenvalue weighted by molar-refractivity contribution is 5.94. The van der Waals surface area contributed by atoms with Crippen LogP contribution in [0.1, 0.15) is 38.5 Å². The molecule has 16 heavy (non-hydrogen) atoms. The molecular weight excluding hydrogens is 208 g/mol. The summed E-state index contributed by atoms with van der Waals surface area (Å²) in [5, 5.41) is 17.9. The van der Waals surface area contributed by atoms with E-state index in [0.717, 1.165) is 19.3 Å². The summed E-state index contributed by atoms with van der Waals surface area (Å²) in [6, 6.07) is 0. The lowest BCUT2D eigenvalue weighted by Gasteiger charge is -2.12. The van der Waals surface area contributed by atoms with Crippen LogP contribution in [0.5, 0.6) is 0 Å². The van der Waals surface area contributed by atoms with Crippen LogP contribution in [-0.4, -0.2) is 28.1 Å². The van der Waals surface area contributed by atoms with Gasteiger partial charge in [-0.15, -0.1) is 0 Å². The van der Waals surface area contributed by atoms with E-state index in [9.17, 15) is 14.7 Å². The Hall–Kier alpha value is -1.16. The Morgan fingerprint density at radius 3 is 2.50 bits per heavy atom. The number of aliphatic carboxylic acids is 1. The van der Waals surface area contributed by atoms with Crippen LogP contribution in [0.4, 0.5) is 0 Å². The highest BCUT2D eigenvalue weighted by atomic mass is 16.4.